The second-order valence-corrected chi connectivity index (χ2v) is 5.56. The van der Waals surface area contributed by atoms with Crippen molar-refractivity contribution in [2.45, 2.75) is 13.8 Å². The molecule has 0 radical (unpaired) electrons. The standard InChI is InChI=1S/C18H17N7O/c1-3-20-18(26)25-15-7-6-13-17(23-15)24-16(10-21-13)22-14-8-11(2)4-5-12(14)9-19/h4-8,10H,3H2,1-2H3,(H3,20,22,23,24,25,26). The molecule has 8 nitrogen and oxygen atoms in total. The van der Waals surface area contributed by atoms with Crippen LogP contribution in [0.2, 0.25) is 0 Å². The number of pyridine rings is 1. The molecule has 130 valence electrons. The molecule has 0 spiro atoms. The largest absolute Gasteiger partial charge is 0.338 e. The van der Waals surface area contributed by atoms with E-state index in [2.05, 4.69) is 37.0 Å². The molecule has 0 saturated carbocycles. The Morgan fingerprint density at radius 2 is 2.00 bits per heavy atom. The number of nitrogens with zero attached hydrogens (tertiary/aromatic N) is 4. The number of fused-ring (bicyclic) bond motifs is 1. The third kappa shape index (κ3) is 3.84. The summed E-state index contributed by atoms with van der Waals surface area (Å²) in [5.41, 5.74) is 3.17. The van der Waals surface area contributed by atoms with Crippen LogP contribution in [0.4, 0.5) is 22.1 Å². The van der Waals surface area contributed by atoms with Crippen molar-refractivity contribution in [3.05, 3.63) is 47.7 Å². The minimum absolute atomic E-state index is 0.333. The molecular formula is C18H17N7O. The number of rotatable bonds is 4. The van der Waals surface area contributed by atoms with E-state index in [4.69, 9.17) is 0 Å². The van der Waals surface area contributed by atoms with E-state index in [1.54, 1.807) is 24.4 Å². The van der Waals surface area contributed by atoms with Gasteiger partial charge in [0, 0.05) is 6.54 Å². The molecular weight excluding hydrogens is 330 g/mol. The third-order valence-electron chi connectivity index (χ3n) is 3.54. The number of aromatic nitrogens is 3. The molecule has 3 aromatic rings. The van der Waals surface area contributed by atoms with E-state index in [0.29, 0.717) is 40.6 Å². The number of nitrogens with one attached hydrogen (secondary N) is 3. The first-order valence-corrected chi connectivity index (χ1v) is 8.05. The number of amides is 2. The molecule has 0 saturated heterocycles. The first-order valence-electron chi connectivity index (χ1n) is 8.05. The summed E-state index contributed by atoms with van der Waals surface area (Å²) in [5, 5.41) is 17.6. The van der Waals surface area contributed by atoms with Crippen LogP contribution in [0.1, 0.15) is 18.1 Å². The molecule has 0 aliphatic carbocycles. The summed E-state index contributed by atoms with van der Waals surface area (Å²) in [7, 11) is 0. The van der Waals surface area contributed by atoms with Gasteiger partial charge in [-0.3, -0.25) is 5.32 Å². The van der Waals surface area contributed by atoms with E-state index in [1.807, 2.05) is 26.0 Å². The molecule has 2 amide bonds. The highest BCUT2D eigenvalue weighted by Gasteiger charge is 2.08. The fraction of sp³-hybridized carbons (Fsp3) is 0.167. The van der Waals surface area contributed by atoms with Gasteiger partial charge in [0.05, 0.1) is 17.4 Å². The number of urea groups is 1. The Morgan fingerprint density at radius 3 is 2.77 bits per heavy atom. The smallest absolute Gasteiger partial charge is 0.320 e. The number of anilines is 3. The van der Waals surface area contributed by atoms with Gasteiger partial charge in [-0.15, -0.1) is 0 Å². The van der Waals surface area contributed by atoms with Crippen molar-refractivity contribution < 1.29 is 4.79 Å². The second kappa shape index (κ2) is 7.44. The number of aryl methyl sites for hydroxylation is 1. The van der Waals surface area contributed by atoms with Gasteiger partial charge < -0.3 is 10.6 Å². The Bertz CT molecular complexity index is 1010. The van der Waals surface area contributed by atoms with Crippen molar-refractivity contribution in [3.8, 4) is 6.07 Å². The lowest BCUT2D eigenvalue weighted by Crippen LogP contribution is -2.28. The molecule has 0 unspecified atom stereocenters. The van der Waals surface area contributed by atoms with Crippen LogP contribution in [-0.4, -0.2) is 27.5 Å². The van der Waals surface area contributed by atoms with E-state index >= 15 is 0 Å². The highest BCUT2D eigenvalue weighted by atomic mass is 16.2. The third-order valence-corrected chi connectivity index (χ3v) is 3.54. The van der Waals surface area contributed by atoms with E-state index < -0.39 is 0 Å². The topological polar surface area (TPSA) is 116 Å². The van der Waals surface area contributed by atoms with Crippen LogP contribution in [0.5, 0.6) is 0 Å². The number of benzene rings is 1. The SMILES string of the molecule is CCNC(=O)Nc1ccc2ncc(Nc3cc(C)ccc3C#N)nc2n1. The maximum atomic E-state index is 11.6. The number of carbonyl (C=O) groups is 1. The molecule has 26 heavy (non-hydrogen) atoms. The zero-order chi connectivity index (χ0) is 18.5. The van der Waals surface area contributed by atoms with E-state index in [-0.39, 0.29) is 6.03 Å². The van der Waals surface area contributed by atoms with Gasteiger partial charge in [0.2, 0.25) is 0 Å². The Hall–Kier alpha value is -3.73. The van der Waals surface area contributed by atoms with Gasteiger partial charge in [-0.1, -0.05) is 6.07 Å². The molecule has 2 aromatic heterocycles. The van der Waals surface area contributed by atoms with E-state index in [0.717, 1.165) is 5.56 Å². The van der Waals surface area contributed by atoms with E-state index in [1.165, 1.54) is 0 Å². The maximum absolute atomic E-state index is 11.6. The van der Waals surface area contributed by atoms with Gasteiger partial charge in [-0.05, 0) is 43.7 Å². The molecule has 0 aliphatic rings. The molecule has 0 atom stereocenters. The monoisotopic (exact) mass is 347 g/mol. The quantitative estimate of drug-likeness (QED) is 0.668. The molecule has 3 rings (SSSR count). The Labute approximate surface area is 150 Å². The first-order chi connectivity index (χ1) is 12.6. The zero-order valence-corrected chi connectivity index (χ0v) is 14.4. The molecule has 1 aromatic carbocycles. The van der Waals surface area contributed by atoms with Crippen LogP contribution >= 0.6 is 0 Å². The highest BCUT2D eigenvalue weighted by molar-refractivity contribution is 5.89. The molecule has 0 bridgehead atoms. The van der Waals surface area contributed by atoms with Gasteiger partial charge in [0.15, 0.2) is 11.5 Å². The van der Waals surface area contributed by atoms with Crippen LogP contribution in [0, 0.1) is 18.3 Å². The van der Waals surface area contributed by atoms with Crippen LogP contribution in [0.3, 0.4) is 0 Å². The summed E-state index contributed by atoms with van der Waals surface area (Å²) in [4.78, 5) is 24.7. The molecule has 2 heterocycles. The molecule has 0 fully saturated rings. The average molecular weight is 347 g/mol. The van der Waals surface area contributed by atoms with Crippen molar-refractivity contribution in [3.63, 3.8) is 0 Å². The summed E-state index contributed by atoms with van der Waals surface area (Å²) >= 11 is 0. The van der Waals surface area contributed by atoms with Gasteiger partial charge in [0.1, 0.15) is 17.4 Å². The Morgan fingerprint density at radius 1 is 1.19 bits per heavy atom. The predicted octanol–water partition coefficient (Wildman–Crippen LogP) is 3.09. The van der Waals surface area contributed by atoms with Crippen molar-refractivity contribution in [1.82, 2.24) is 20.3 Å². The summed E-state index contributed by atoms with van der Waals surface area (Å²) < 4.78 is 0. The molecule has 8 heteroatoms. The first kappa shape index (κ1) is 17.1. The minimum Gasteiger partial charge on any atom is -0.338 e. The zero-order valence-electron chi connectivity index (χ0n) is 14.4. The maximum Gasteiger partial charge on any atom is 0.320 e. The fourth-order valence-corrected chi connectivity index (χ4v) is 2.35. The van der Waals surface area contributed by atoms with Gasteiger partial charge in [-0.25, -0.2) is 19.7 Å². The van der Waals surface area contributed by atoms with Gasteiger partial charge in [-0.2, -0.15) is 5.26 Å². The normalized spacial score (nSPS) is 10.2. The van der Waals surface area contributed by atoms with Crippen LogP contribution in [0.15, 0.2) is 36.5 Å². The number of carbonyl (C=O) groups excluding carboxylic acids is 1. The Kier molecular flexibility index (Phi) is 4.90. The summed E-state index contributed by atoms with van der Waals surface area (Å²) in [5.74, 6) is 0.838. The predicted molar refractivity (Wildman–Crippen MR) is 99.2 cm³/mol. The van der Waals surface area contributed by atoms with Crippen molar-refractivity contribution >= 4 is 34.5 Å². The number of hydrogen-bond acceptors (Lipinski definition) is 6. The summed E-state index contributed by atoms with van der Waals surface area (Å²) in [6.07, 6.45) is 1.57. The lowest BCUT2D eigenvalue weighted by Gasteiger charge is -2.09. The van der Waals surface area contributed by atoms with Crippen LogP contribution in [0.25, 0.3) is 11.2 Å². The summed E-state index contributed by atoms with van der Waals surface area (Å²) in [6, 6.07) is 10.7. The van der Waals surface area contributed by atoms with Crippen molar-refractivity contribution in [2.24, 2.45) is 0 Å². The Balaban J connectivity index is 1.90. The lowest BCUT2D eigenvalue weighted by atomic mass is 10.1. The number of hydrogen-bond donors (Lipinski definition) is 3. The second-order valence-electron chi connectivity index (χ2n) is 5.56. The van der Waals surface area contributed by atoms with Crippen LogP contribution < -0.4 is 16.0 Å². The fourth-order valence-electron chi connectivity index (χ4n) is 2.35. The lowest BCUT2D eigenvalue weighted by molar-refractivity contribution is 0.252. The van der Waals surface area contributed by atoms with Gasteiger partial charge >= 0.3 is 6.03 Å². The molecule has 3 N–H and O–H groups in total. The average Bonchev–Trinajstić information content (AvgIpc) is 2.62. The van der Waals surface area contributed by atoms with Gasteiger partial charge in [0.25, 0.3) is 0 Å². The molecule has 0 aliphatic heterocycles. The minimum atomic E-state index is -0.333. The number of nitriles is 1. The van der Waals surface area contributed by atoms with Crippen molar-refractivity contribution in [1.29, 1.82) is 5.26 Å². The van der Waals surface area contributed by atoms with Crippen LogP contribution in [-0.2, 0) is 0 Å². The highest BCUT2D eigenvalue weighted by Crippen LogP contribution is 2.21. The summed E-state index contributed by atoms with van der Waals surface area (Å²) in [6.45, 7) is 4.29. The van der Waals surface area contributed by atoms with Crippen molar-refractivity contribution in [2.75, 3.05) is 17.2 Å². The van der Waals surface area contributed by atoms with E-state index in [9.17, 15) is 10.1 Å².